The lowest BCUT2D eigenvalue weighted by atomic mass is 9.93. The molecule has 4 nitrogen and oxygen atoms in total. The van der Waals surface area contributed by atoms with E-state index in [9.17, 15) is 14.0 Å². The monoisotopic (exact) mass is 403 g/mol. The van der Waals surface area contributed by atoms with E-state index in [0.717, 1.165) is 17.3 Å². The van der Waals surface area contributed by atoms with Crippen molar-refractivity contribution >= 4 is 22.8 Å². The minimum absolute atomic E-state index is 0.0305. The number of benzene rings is 1. The molecule has 0 aliphatic rings. The van der Waals surface area contributed by atoms with Gasteiger partial charge in [0.05, 0.1) is 35.8 Å². The predicted octanol–water partition coefficient (Wildman–Crippen LogP) is 5.28. The Kier molecular flexibility index (Phi) is 8.64. The molecule has 28 heavy (non-hydrogen) atoms. The van der Waals surface area contributed by atoms with E-state index in [2.05, 4.69) is 4.98 Å². The normalized spacial score (nSPS) is 10.7. The Hall–Kier alpha value is -2.21. The van der Waals surface area contributed by atoms with E-state index < -0.39 is 12.6 Å². The Morgan fingerprint density at radius 3 is 2.39 bits per heavy atom. The van der Waals surface area contributed by atoms with Gasteiger partial charge in [-0.2, -0.15) is 0 Å². The number of carbonyl (C=O) groups excluding carboxylic acids is 2. The van der Waals surface area contributed by atoms with Crippen LogP contribution in [0.1, 0.15) is 59.2 Å². The standard InChI is InChI=1S/C22H26FNO3S/c1-4-14-27-21(25)19-16(12-13-23)18(22(26)28-6-3)17(5-2)24-20(19)15-10-8-7-9-11-15/h7-11H,4-6,12-14H2,1-3H3. The molecule has 0 spiro atoms. The van der Waals surface area contributed by atoms with Crippen molar-refractivity contribution in [3.05, 3.63) is 52.7 Å². The molecule has 0 fully saturated rings. The number of nitrogens with zero attached hydrogens (tertiary/aromatic N) is 1. The van der Waals surface area contributed by atoms with Gasteiger partial charge in [0.2, 0.25) is 5.12 Å². The van der Waals surface area contributed by atoms with Gasteiger partial charge in [0.15, 0.2) is 0 Å². The number of esters is 1. The highest BCUT2D eigenvalue weighted by Gasteiger charge is 2.28. The number of rotatable bonds is 9. The SMILES string of the molecule is CCCOC(=O)c1c(-c2ccccc2)nc(CC)c(C(=O)SCC)c1CCF. The van der Waals surface area contributed by atoms with Crippen LogP contribution in [0.2, 0.25) is 0 Å². The maximum atomic E-state index is 13.5. The van der Waals surface area contributed by atoms with Crippen LogP contribution in [-0.2, 0) is 17.6 Å². The molecule has 2 aromatic rings. The van der Waals surface area contributed by atoms with Crippen LogP contribution in [0.15, 0.2) is 30.3 Å². The van der Waals surface area contributed by atoms with Gasteiger partial charge >= 0.3 is 5.97 Å². The first-order valence-corrected chi connectivity index (χ1v) is 10.6. The zero-order chi connectivity index (χ0) is 20.5. The Balaban J connectivity index is 2.82. The fourth-order valence-electron chi connectivity index (χ4n) is 3.03. The number of aromatic nitrogens is 1. The van der Waals surface area contributed by atoms with Crippen LogP contribution in [0.25, 0.3) is 11.3 Å². The van der Waals surface area contributed by atoms with Crippen LogP contribution < -0.4 is 0 Å². The molecule has 0 amide bonds. The molecule has 0 bridgehead atoms. The van der Waals surface area contributed by atoms with Crippen LogP contribution in [0, 0.1) is 0 Å². The smallest absolute Gasteiger partial charge is 0.340 e. The van der Waals surface area contributed by atoms with E-state index in [0.29, 0.717) is 41.1 Å². The molecule has 0 radical (unpaired) electrons. The number of halogens is 1. The average Bonchev–Trinajstić information content (AvgIpc) is 2.72. The minimum atomic E-state index is -0.674. The summed E-state index contributed by atoms with van der Waals surface area (Å²) in [5, 5.41) is -0.181. The maximum Gasteiger partial charge on any atom is 0.340 e. The average molecular weight is 404 g/mol. The number of hydrogen-bond donors (Lipinski definition) is 0. The first-order chi connectivity index (χ1) is 13.6. The Morgan fingerprint density at radius 1 is 1.11 bits per heavy atom. The van der Waals surface area contributed by atoms with E-state index in [1.165, 1.54) is 0 Å². The van der Waals surface area contributed by atoms with Crippen molar-refractivity contribution in [2.24, 2.45) is 0 Å². The number of alkyl halides is 1. The predicted molar refractivity (Wildman–Crippen MR) is 112 cm³/mol. The summed E-state index contributed by atoms with van der Waals surface area (Å²) < 4.78 is 18.9. The van der Waals surface area contributed by atoms with Crippen molar-refractivity contribution in [3.8, 4) is 11.3 Å². The van der Waals surface area contributed by atoms with Crippen molar-refractivity contribution in [2.45, 2.75) is 40.0 Å². The van der Waals surface area contributed by atoms with Gasteiger partial charge in [-0.05, 0) is 24.2 Å². The number of pyridine rings is 1. The largest absolute Gasteiger partial charge is 0.462 e. The summed E-state index contributed by atoms with van der Waals surface area (Å²) in [6.07, 6.45) is 1.15. The second-order valence-corrected chi connectivity index (χ2v) is 7.39. The van der Waals surface area contributed by atoms with Gasteiger partial charge in [-0.1, -0.05) is 62.9 Å². The maximum absolute atomic E-state index is 13.5. The van der Waals surface area contributed by atoms with E-state index in [1.54, 1.807) is 0 Å². The lowest BCUT2D eigenvalue weighted by molar-refractivity contribution is 0.0504. The molecule has 0 unspecified atom stereocenters. The van der Waals surface area contributed by atoms with Crippen LogP contribution in [-0.4, -0.2) is 35.1 Å². The topological polar surface area (TPSA) is 56.3 Å². The Labute approximate surface area is 169 Å². The number of thioether (sulfide) groups is 1. The van der Waals surface area contributed by atoms with Crippen molar-refractivity contribution in [1.82, 2.24) is 4.98 Å². The van der Waals surface area contributed by atoms with Crippen LogP contribution in [0.3, 0.4) is 0 Å². The van der Waals surface area contributed by atoms with Gasteiger partial charge in [0.25, 0.3) is 0 Å². The summed E-state index contributed by atoms with van der Waals surface area (Å²) in [6, 6.07) is 9.27. The summed E-state index contributed by atoms with van der Waals surface area (Å²) in [7, 11) is 0. The fourth-order valence-corrected chi connectivity index (χ4v) is 3.67. The van der Waals surface area contributed by atoms with E-state index in [1.807, 2.05) is 51.1 Å². The molecule has 1 aromatic carbocycles. The van der Waals surface area contributed by atoms with Crippen LogP contribution >= 0.6 is 11.8 Å². The molecular formula is C22H26FNO3S. The number of ether oxygens (including phenoxy) is 1. The van der Waals surface area contributed by atoms with Gasteiger partial charge in [-0.25, -0.2) is 4.79 Å². The summed E-state index contributed by atoms with van der Waals surface area (Å²) in [4.78, 5) is 30.4. The van der Waals surface area contributed by atoms with Crippen LogP contribution in [0.4, 0.5) is 4.39 Å². The zero-order valence-electron chi connectivity index (χ0n) is 16.6. The third-order valence-corrected chi connectivity index (χ3v) is 4.98. The fraction of sp³-hybridized carbons (Fsp3) is 0.409. The van der Waals surface area contributed by atoms with Gasteiger partial charge in [0.1, 0.15) is 0 Å². The second kappa shape index (κ2) is 11.0. The molecular weight excluding hydrogens is 377 g/mol. The molecule has 1 aromatic heterocycles. The molecule has 0 atom stereocenters. The highest BCUT2D eigenvalue weighted by Crippen LogP contribution is 2.32. The molecule has 1 heterocycles. The number of hydrogen-bond acceptors (Lipinski definition) is 5. The first kappa shape index (κ1) is 22.1. The number of aryl methyl sites for hydroxylation is 1. The summed E-state index contributed by atoms with van der Waals surface area (Å²) in [5.74, 6) is 0.0301. The summed E-state index contributed by atoms with van der Waals surface area (Å²) in [6.45, 7) is 5.26. The zero-order valence-corrected chi connectivity index (χ0v) is 17.4. The summed E-state index contributed by atoms with van der Waals surface area (Å²) in [5.41, 5.74) is 2.73. The van der Waals surface area contributed by atoms with Gasteiger partial charge in [-0.3, -0.25) is 14.2 Å². The second-order valence-electron chi connectivity index (χ2n) is 6.15. The third kappa shape index (κ3) is 4.98. The minimum Gasteiger partial charge on any atom is -0.462 e. The first-order valence-electron chi connectivity index (χ1n) is 9.60. The quantitative estimate of drug-likeness (QED) is 0.533. The highest BCUT2D eigenvalue weighted by molar-refractivity contribution is 8.14. The van der Waals surface area contributed by atoms with Crippen molar-refractivity contribution in [3.63, 3.8) is 0 Å². The molecule has 0 aliphatic carbocycles. The molecule has 2 rings (SSSR count). The third-order valence-electron chi connectivity index (χ3n) is 4.22. The highest BCUT2D eigenvalue weighted by atomic mass is 32.2. The van der Waals surface area contributed by atoms with E-state index in [4.69, 9.17) is 4.74 Å². The molecule has 0 saturated carbocycles. The number of carbonyl (C=O) groups is 2. The summed E-state index contributed by atoms with van der Waals surface area (Å²) >= 11 is 1.14. The lowest BCUT2D eigenvalue weighted by Gasteiger charge is -2.19. The molecule has 0 saturated heterocycles. The lowest BCUT2D eigenvalue weighted by Crippen LogP contribution is -2.19. The molecule has 0 N–H and O–H groups in total. The van der Waals surface area contributed by atoms with Gasteiger partial charge in [-0.15, -0.1) is 0 Å². The molecule has 150 valence electrons. The van der Waals surface area contributed by atoms with Crippen molar-refractivity contribution in [2.75, 3.05) is 19.0 Å². The van der Waals surface area contributed by atoms with Gasteiger partial charge in [0, 0.05) is 12.0 Å². The van der Waals surface area contributed by atoms with Crippen molar-refractivity contribution < 1.29 is 18.7 Å². The van der Waals surface area contributed by atoms with Crippen LogP contribution in [0.5, 0.6) is 0 Å². The Morgan fingerprint density at radius 2 is 1.82 bits per heavy atom. The molecule has 0 aliphatic heterocycles. The van der Waals surface area contributed by atoms with E-state index in [-0.39, 0.29) is 23.7 Å². The van der Waals surface area contributed by atoms with Gasteiger partial charge < -0.3 is 4.74 Å². The van der Waals surface area contributed by atoms with E-state index >= 15 is 0 Å². The molecule has 6 heteroatoms. The Bertz CT molecular complexity index is 824. The van der Waals surface area contributed by atoms with Crippen molar-refractivity contribution in [1.29, 1.82) is 0 Å².